The Morgan fingerprint density at radius 1 is 1.29 bits per heavy atom. The molecule has 1 N–H and O–H groups in total. The Morgan fingerprint density at radius 2 is 2.00 bits per heavy atom. The van der Waals surface area contributed by atoms with E-state index in [0.717, 1.165) is 11.3 Å². The Hall–Kier alpha value is -2.34. The molecule has 1 heterocycles. The number of aromatic nitrogens is 2. The molecular weight excluding hydrogens is 272 g/mol. The molecule has 0 bridgehead atoms. The van der Waals surface area contributed by atoms with E-state index in [-0.39, 0.29) is 6.42 Å². The van der Waals surface area contributed by atoms with Crippen molar-refractivity contribution in [1.82, 2.24) is 9.78 Å². The van der Waals surface area contributed by atoms with Gasteiger partial charge in [-0.05, 0) is 23.8 Å². The van der Waals surface area contributed by atoms with Gasteiger partial charge in [0.25, 0.3) is 0 Å². The van der Waals surface area contributed by atoms with E-state index in [2.05, 4.69) is 9.84 Å². The minimum Gasteiger partial charge on any atom is -0.497 e. The van der Waals surface area contributed by atoms with Crippen molar-refractivity contribution in [1.29, 1.82) is 0 Å². The van der Waals surface area contributed by atoms with Crippen molar-refractivity contribution in [3.8, 4) is 5.75 Å². The molecule has 0 aliphatic heterocycles. The number of hydrogen-bond donors (Lipinski definition) is 1. The average molecular weight is 290 g/mol. The summed E-state index contributed by atoms with van der Waals surface area (Å²) in [6.07, 6.45) is 0.769. The van der Waals surface area contributed by atoms with Crippen molar-refractivity contribution < 1.29 is 19.4 Å². The van der Waals surface area contributed by atoms with Gasteiger partial charge in [-0.25, -0.2) is 4.79 Å². The maximum Gasteiger partial charge on any atom is 0.335 e. The quantitative estimate of drug-likeness (QED) is 0.804. The van der Waals surface area contributed by atoms with Crippen LogP contribution in [0.3, 0.4) is 0 Å². The molecule has 6 nitrogen and oxygen atoms in total. The molecule has 0 amide bonds. The Kier molecular flexibility index (Phi) is 4.94. The van der Waals surface area contributed by atoms with Gasteiger partial charge in [0, 0.05) is 12.6 Å². The summed E-state index contributed by atoms with van der Waals surface area (Å²) >= 11 is 0. The molecule has 0 saturated heterocycles. The molecule has 21 heavy (non-hydrogen) atoms. The minimum absolute atomic E-state index is 0.141. The molecule has 6 heteroatoms. The van der Waals surface area contributed by atoms with Crippen LogP contribution < -0.4 is 4.74 Å². The van der Waals surface area contributed by atoms with Gasteiger partial charge < -0.3 is 14.6 Å². The van der Waals surface area contributed by atoms with E-state index in [1.165, 1.54) is 7.11 Å². The number of carbonyl (C=O) groups excluding carboxylic acids is 1. The van der Waals surface area contributed by atoms with Crippen LogP contribution in [0.15, 0.2) is 36.5 Å². The standard InChI is InChI=1S/C15H18N2O4/c1-20-13-5-3-11(4-6-13)10-17-8-7-12(16-17)9-14(18)15(19)21-2/h3-8,14,18H,9-10H2,1-2H3. The van der Waals surface area contributed by atoms with Crippen LogP contribution in [0.4, 0.5) is 0 Å². The predicted octanol–water partition coefficient (Wildman–Crippen LogP) is 1.02. The number of aliphatic hydroxyl groups excluding tert-OH is 1. The number of nitrogens with zero attached hydrogens (tertiary/aromatic N) is 2. The molecule has 112 valence electrons. The predicted molar refractivity (Wildman–Crippen MR) is 76.0 cm³/mol. The van der Waals surface area contributed by atoms with Gasteiger partial charge in [-0.2, -0.15) is 5.10 Å². The maximum absolute atomic E-state index is 11.2. The Bertz CT molecular complexity index is 592. The fraction of sp³-hybridized carbons (Fsp3) is 0.333. The number of hydrogen-bond acceptors (Lipinski definition) is 5. The highest BCUT2D eigenvalue weighted by atomic mass is 16.5. The number of methoxy groups -OCH3 is 2. The van der Waals surface area contributed by atoms with E-state index in [4.69, 9.17) is 4.74 Å². The first-order valence-electron chi connectivity index (χ1n) is 6.53. The average Bonchev–Trinajstić information content (AvgIpc) is 2.94. The molecule has 0 aliphatic carbocycles. The molecule has 2 aromatic rings. The zero-order valence-electron chi connectivity index (χ0n) is 12.0. The summed E-state index contributed by atoms with van der Waals surface area (Å²) in [7, 11) is 2.87. The van der Waals surface area contributed by atoms with Crippen LogP contribution in [0.5, 0.6) is 5.75 Å². The molecule has 1 unspecified atom stereocenters. The molecular formula is C15H18N2O4. The van der Waals surface area contributed by atoms with Crippen LogP contribution in [0.25, 0.3) is 0 Å². The first-order chi connectivity index (χ1) is 10.1. The third-order valence-corrected chi connectivity index (χ3v) is 3.08. The first-order valence-corrected chi connectivity index (χ1v) is 6.53. The molecule has 1 atom stereocenters. The van der Waals surface area contributed by atoms with E-state index in [9.17, 15) is 9.90 Å². The fourth-order valence-corrected chi connectivity index (χ4v) is 1.94. The van der Waals surface area contributed by atoms with Crippen molar-refractivity contribution in [2.45, 2.75) is 19.1 Å². The molecule has 0 fully saturated rings. The largest absolute Gasteiger partial charge is 0.497 e. The molecule has 0 aliphatic rings. The number of esters is 1. The van der Waals surface area contributed by atoms with E-state index < -0.39 is 12.1 Å². The van der Waals surface area contributed by atoms with Gasteiger partial charge in [0.05, 0.1) is 26.5 Å². The highest BCUT2D eigenvalue weighted by Gasteiger charge is 2.17. The van der Waals surface area contributed by atoms with Crippen LogP contribution in [0, 0.1) is 0 Å². The van der Waals surface area contributed by atoms with Crippen molar-refractivity contribution in [2.75, 3.05) is 14.2 Å². The Balaban J connectivity index is 1.97. The summed E-state index contributed by atoms with van der Waals surface area (Å²) in [5.41, 5.74) is 1.72. The maximum atomic E-state index is 11.2. The number of aliphatic hydroxyl groups is 1. The van der Waals surface area contributed by atoms with Gasteiger partial charge in [-0.15, -0.1) is 0 Å². The van der Waals surface area contributed by atoms with Crippen LogP contribution in [-0.2, 0) is 22.5 Å². The van der Waals surface area contributed by atoms with Gasteiger partial charge >= 0.3 is 5.97 Å². The van der Waals surface area contributed by atoms with Gasteiger partial charge in [-0.3, -0.25) is 4.68 Å². The van der Waals surface area contributed by atoms with E-state index in [0.29, 0.717) is 12.2 Å². The molecule has 2 rings (SSSR count). The molecule has 1 aromatic carbocycles. The second kappa shape index (κ2) is 6.90. The van der Waals surface area contributed by atoms with Gasteiger partial charge in [0.2, 0.25) is 0 Å². The normalized spacial score (nSPS) is 12.0. The van der Waals surface area contributed by atoms with Crippen molar-refractivity contribution in [3.05, 3.63) is 47.8 Å². The lowest BCUT2D eigenvalue weighted by molar-refractivity contribution is -0.150. The summed E-state index contributed by atoms with van der Waals surface area (Å²) in [4.78, 5) is 11.2. The summed E-state index contributed by atoms with van der Waals surface area (Å²) in [6, 6.07) is 9.48. The second-order valence-corrected chi connectivity index (χ2v) is 4.60. The smallest absolute Gasteiger partial charge is 0.335 e. The number of carbonyl (C=O) groups is 1. The van der Waals surface area contributed by atoms with Crippen molar-refractivity contribution in [2.24, 2.45) is 0 Å². The fourth-order valence-electron chi connectivity index (χ4n) is 1.94. The zero-order chi connectivity index (χ0) is 15.2. The van der Waals surface area contributed by atoms with E-state index >= 15 is 0 Å². The number of benzene rings is 1. The Morgan fingerprint density at radius 3 is 2.62 bits per heavy atom. The number of rotatable bonds is 6. The monoisotopic (exact) mass is 290 g/mol. The van der Waals surface area contributed by atoms with Gasteiger partial charge in [-0.1, -0.05) is 12.1 Å². The third kappa shape index (κ3) is 4.06. The van der Waals surface area contributed by atoms with Crippen molar-refractivity contribution in [3.63, 3.8) is 0 Å². The van der Waals surface area contributed by atoms with E-state index in [1.807, 2.05) is 30.5 Å². The third-order valence-electron chi connectivity index (χ3n) is 3.08. The van der Waals surface area contributed by atoms with Crippen LogP contribution in [0.1, 0.15) is 11.3 Å². The first kappa shape index (κ1) is 15.1. The number of ether oxygens (including phenoxy) is 2. The molecule has 1 aromatic heterocycles. The molecule has 0 radical (unpaired) electrons. The minimum atomic E-state index is -1.18. The lowest BCUT2D eigenvalue weighted by atomic mass is 10.2. The second-order valence-electron chi connectivity index (χ2n) is 4.60. The highest BCUT2D eigenvalue weighted by Crippen LogP contribution is 2.12. The van der Waals surface area contributed by atoms with Gasteiger partial charge in [0.15, 0.2) is 6.10 Å². The molecule has 0 spiro atoms. The lowest BCUT2D eigenvalue weighted by Crippen LogP contribution is -2.24. The lowest BCUT2D eigenvalue weighted by Gasteiger charge is -2.06. The van der Waals surface area contributed by atoms with Gasteiger partial charge in [0.1, 0.15) is 5.75 Å². The zero-order valence-corrected chi connectivity index (χ0v) is 12.0. The van der Waals surface area contributed by atoms with E-state index in [1.54, 1.807) is 17.9 Å². The topological polar surface area (TPSA) is 73.6 Å². The van der Waals surface area contributed by atoms with Crippen LogP contribution >= 0.6 is 0 Å². The summed E-state index contributed by atoms with van der Waals surface area (Å²) in [5.74, 6) is 0.154. The Labute approximate surface area is 122 Å². The highest BCUT2D eigenvalue weighted by molar-refractivity contribution is 5.74. The molecule has 0 saturated carbocycles. The van der Waals surface area contributed by atoms with Crippen molar-refractivity contribution >= 4 is 5.97 Å². The SMILES string of the molecule is COC(=O)C(O)Cc1ccn(Cc2ccc(OC)cc2)n1. The summed E-state index contributed by atoms with van der Waals surface area (Å²) in [5, 5.41) is 13.9. The van der Waals surface area contributed by atoms with Crippen LogP contribution in [-0.4, -0.2) is 41.2 Å². The van der Waals surface area contributed by atoms with Crippen LogP contribution in [0.2, 0.25) is 0 Å². The summed E-state index contributed by atoms with van der Waals surface area (Å²) in [6.45, 7) is 0.609. The summed E-state index contributed by atoms with van der Waals surface area (Å²) < 4.78 is 11.3.